The van der Waals surface area contributed by atoms with Gasteiger partial charge in [-0.1, -0.05) is 5.16 Å². The van der Waals surface area contributed by atoms with Gasteiger partial charge in [-0.25, -0.2) is 4.68 Å². The number of anilines is 1. The van der Waals surface area contributed by atoms with Crippen molar-refractivity contribution in [2.24, 2.45) is 0 Å². The van der Waals surface area contributed by atoms with Gasteiger partial charge in [0.05, 0.1) is 11.9 Å². The van der Waals surface area contributed by atoms with Gasteiger partial charge in [0.25, 0.3) is 0 Å². The molecule has 0 atom stereocenters. The maximum atomic E-state index is 5.49. The van der Waals surface area contributed by atoms with Crippen molar-refractivity contribution in [3.63, 3.8) is 0 Å². The number of hydrogen-bond acceptors (Lipinski definition) is 4. The number of aromatic nitrogens is 3. The number of nitrogen functional groups attached to an aromatic ring is 1. The summed E-state index contributed by atoms with van der Waals surface area (Å²) in [5.41, 5.74) is 7.09. The number of rotatable bonds is 1. The maximum absolute atomic E-state index is 5.49. The lowest BCUT2D eigenvalue weighted by molar-refractivity contribution is 0.436. The second-order valence-corrected chi connectivity index (χ2v) is 2.48. The van der Waals surface area contributed by atoms with Crippen LogP contribution in [0.3, 0.4) is 0 Å². The summed E-state index contributed by atoms with van der Waals surface area (Å²) in [4.78, 5) is 0. The molecule has 0 aromatic carbocycles. The molecule has 2 N–H and O–H groups in total. The van der Waals surface area contributed by atoms with E-state index in [4.69, 9.17) is 10.3 Å². The average Bonchev–Trinajstić information content (AvgIpc) is 2.58. The van der Waals surface area contributed by atoms with Gasteiger partial charge in [-0.15, -0.1) is 0 Å². The molecular weight excluding hydrogens is 156 g/mol. The molecule has 2 rings (SSSR count). The van der Waals surface area contributed by atoms with Crippen LogP contribution in [0.5, 0.6) is 0 Å². The third-order valence-electron chi connectivity index (χ3n) is 1.55. The predicted octanol–water partition coefficient (Wildman–Crippen LogP) is 0.751. The van der Waals surface area contributed by atoms with Crippen LogP contribution >= 0.6 is 0 Å². The Kier molecular flexibility index (Phi) is 1.36. The van der Waals surface area contributed by atoms with Gasteiger partial charge in [0.2, 0.25) is 5.88 Å². The molecule has 0 radical (unpaired) electrons. The summed E-state index contributed by atoms with van der Waals surface area (Å²) in [5, 5.41) is 7.70. The highest BCUT2D eigenvalue weighted by Gasteiger charge is 2.06. The lowest BCUT2D eigenvalue weighted by atomic mass is 10.5. The van der Waals surface area contributed by atoms with Crippen LogP contribution in [0.2, 0.25) is 0 Å². The molecule has 2 aromatic rings. The van der Waals surface area contributed by atoms with E-state index in [1.807, 2.05) is 13.0 Å². The molecule has 5 nitrogen and oxygen atoms in total. The van der Waals surface area contributed by atoms with Crippen LogP contribution in [-0.4, -0.2) is 14.9 Å². The minimum atomic E-state index is 0.276. The number of hydrogen-bond donors (Lipinski definition) is 1. The monoisotopic (exact) mass is 164 g/mol. The van der Waals surface area contributed by atoms with Gasteiger partial charge in [-0.05, 0) is 13.0 Å². The molecule has 0 unspecified atom stereocenters. The third-order valence-corrected chi connectivity index (χ3v) is 1.55. The van der Waals surface area contributed by atoms with Crippen LogP contribution in [-0.2, 0) is 0 Å². The zero-order chi connectivity index (χ0) is 8.55. The van der Waals surface area contributed by atoms with E-state index in [2.05, 4.69) is 10.3 Å². The van der Waals surface area contributed by atoms with Crippen LogP contribution in [0.15, 0.2) is 23.0 Å². The number of nitrogens with two attached hydrogens (primary N) is 1. The van der Waals surface area contributed by atoms with Crippen molar-refractivity contribution >= 4 is 5.88 Å². The summed E-state index contributed by atoms with van der Waals surface area (Å²) in [5.74, 6) is 0.276. The van der Waals surface area contributed by atoms with Gasteiger partial charge in [0.15, 0.2) is 0 Å². The smallest absolute Gasteiger partial charge is 0.248 e. The Morgan fingerprint density at radius 1 is 1.58 bits per heavy atom. The van der Waals surface area contributed by atoms with E-state index in [1.165, 1.54) is 6.20 Å². The van der Waals surface area contributed by atoms with Crippen molar-refractivity contribution in [1.29, 1.82) is 0 Å². The molecule has 12 heavy (non-hydrogen) atoms. The van der Waals surface area contributed by atoms with E-state index in [1.54, 1.807) is 10.9 Å². The van der Waals surface area contributed by atoms with Gasteiger partial charge >= 0.3 is 0 Å². The highest BCUT2D eigenvalue weighted by Crippen LogP contribution is 2.14. The molecule has 0 aliphatic rings. The molecule has 0 amide bonds. The van der Waals surface area contributed by atoms with Crippen molar-refractivity contribution in [1.82, 2.24) is 14.9 Å². The van der Waals surface area contributed by atoms with Crippen molar-refractivity contribution in [3.05, 3.63) is 24.2 Å². The minimum absolute atomic E-state index is 0.276. The van der Waals surface area contributed by atoms with Crippen molar-refractivity contribution in [3.8, 4) is 5.69 Å². The van der Waals surface area contributed by atoms with Crippen LogP contribution in [0, 0.1) is 6.92 Å². The summed E-state index contributed by atoms with van der Waals surface area (Å²) in [6.45, 7) is 1.90. The molecule has 0 bridgehead atoms. The minimum Gasteiger partial charge on any atom is -0.366 e. The summed E-state index contributed by atoms with van der Waals surface area (Å²) >= 11 is 0. The Hall–Kier alpha value is -1.78. The molecule has 0 saturated heterocycles. The first kappa shape index (κ1) is 6.90. The predicted molar refractivity (Wildman–Crippen MR) is 42.8 cm³/mol. The number of aryl methyl sites for hydroxylation is 1. The van der Waals surface area contributed by atoms with Gasteiger partial charge < -0.3 is 10.3 Å². The quantitative estimate of drug-likeness (QED) is 0.675. The zero-order valence-corrected chi connectivity index (χ0v) is 6.56. The maximum Gasteiger partial charge on any atom is 0.248 e. The van der Waals surface area contributed by atoms with E-state index in [0.29, 0.717) is 5.69 Å². The second kappa shape index (κ2) is 2.37. The SMILES string of the molecule is Cc1ccn(-c2cnoc2N)n1. The third kappa shape index (κ3) is 0.952. The first-order chi connectivity index (χ1) is 5.77. The lowest BCUT2D eigenvalue weighted by Gasteiger charge is -1.94. The molecule has 0 aliphatic carbocycles. The Morgan fingerprint density at radius 2 is 2.42 bits per heavy atom. The average molecular weight is 164 g/mol. The van der Waals surface area contributed by atoms with Crippen LogP contribution in [0.4, 0.5) is 5.88 Å². The van der Waals surface area contributed by atoms with E-state index in [0.717, 1.165) is 5.69 Å². The van der Waals surface area contributed by atoms with Crippen LogP contribution in [0.25, 0.3) is 5.69 Å². The highest BCUT2D eigenvalue weighted by molar-refractivity contribution is 5.46. The Balaban J connectivity index is 2.50. The summed E-state index contributed by atoms with van der Waals surface area (Å²) < 4.78 is 6.32. The van der Waals surface area contributed by atoms with Crippen molar-refractivity contribution in [2.45, 2.75) is 6.92 Å². The van der Waals surface area contributed by atoms with Gasteiger partial charge in [0.1, 0.15) is 5.69 Å². The second-order valence-electron chi connectivity index (χ2n) is 2.48. The Labute approximate surface area is 68.8 Å². The fourth-order valence-corrected chi connectivity index (χ4v) is 0.965. The van der Waals surface area contributed by atoms with Gasteiger partial charge in [0, 0.05) is 6.20 Å². The van der Waals surface area contributed by atoms with Gasteiger partial charge in [-0.3, -0.25) is 0 Å². The molecule has 2 heterocycles. The fourth-order valence-electron chi connectivity index (χ4n) is 0.965. The Morgan fingerprint density at radius 3 is 2.92 bits per heavy atom. The molecule has 0 aliphatic heterocycles. The normalized spacial score (nSPS) is 10.4. The van der Waals surface area contributed by atoms with Crippen molar-refractivity contribution < 1.29 is 4.52 Å². The zero-order valence-electron chi connectivity index (χ0n) is 6.56. The topological polar surface area (TPSA) is 69.9 Å². The molecule has 0 fully saturated rings. The highest BCUT2D eigenvalue weighted by atomic mass is 16.5. The molecule has 0 spiro atoms. The van der Waals surface area contributed by atoms with E-state index < -0.39 is 0 Å². The molecule has 5 heteroatoms. The standard InChI is InChI=1S/C7H8N4O/c1-5-2-3-11(10-5)6-4-9-12-7(6)8/h2-4H,8H2,1H3. The van der Waals surface area contributed by atoms with E-state index >= 15 is 0 Å². The van der Waals surface area contributed by atoms with Crippen molar-refractivity contribution in [2.75, 3.05) is 5.73 Å². The molecular formula is C7H8N4O. The van der Waals surface area contributed by atoms with Crippen LogP contribution < -0.4 is 5.73 Å². The molecule has 2 aromatic heterocycles. The lowest BCUT2D eigenvalue weighted by Crippen LogP contribution is -1.96. The van der Waals surface area contributed by atoms with E-state index in [9.17, 15) is 0 Å². The van der Waals surface area contributed by atoms with Gasteiger partial charge in [-0.2, -0.15) is 5.10 Å². The number of nitrogens with zero attached hydrogens (tertiary/aromatic N) is 3. The molecule has 0 saturated carbocycles. The fraction of sp³-hybridized carbons (Fsp3) is 0.143. The Bertz CT molecular complexity index is 390. The first-order valence-electron chi connectivity index (χ1n) is 3.50. The van der Waals surface area contributed by atoms with E-state index in [-0.39, 0.29) is 5.88 Å². The summed E-state index contributed by atoms with van der Waals surface area (Å²) in [6, 6.07) is 1.88. The molecule has 62 valence electrons. The first-order valence-corrected chi connectivity index (χ1v) is 3.50. The largest absolute Gasteiger partial charge is 0.366 e. The van der Waals surface area contributed by atoms with Crippen LogP contribution in [0.1, 0.15) is 5.69 Å². The summed E-state index contributed by atoms with van der Waals surface area (Å²) in [7, 11) is 0. The summed E-state index contributed by atoms with van der Waals surface area (Å²) in [6.07, 6.45) is 3.33.